The fourth-order valence-electron chi connectivity index (χ4n) is 4.32. The minimum Gasteiger partial charge on any atom is -0.481 e. The van der Waals surface area contributed by atoms with E-state index < -0.39 is 5.97 Å². The van der Waals surface area contributed by atoms with Crippen LogP contribution in [0.4, 0.5) is 4.79 Å². The van der Waals surface area contributed by atoms with Gasteiger partial charge in [-0.05, 0) is 49.8 Å². The predicted octanol–water partition coefficient (Wildman–Crippen LogP) is 3.01. The van der Waals surface area contributed by atoms with Gasteiger partial charge in [-0.2, -0.15) is 11.8 Å². The Morgan fingerprint density at radius 3 is 2.54 bits per heavy atom. The highest BCUT2D eigenvalue weighted by Crippen LogP contribution is 2.33. The van der Waals surface area contributed by atoms with E-state index in [4.69, 9.17) is 9.84 Å². The maximum Gasteiger partial charge on any atom is 0.315 e. The molecular formula is C25H35N3O6S. The molecule has 2 heterocycles. The first-order valence-corrected chi connectivity index (χ1v) is 13.4. The van der Waals surface area contributed by atoms with Crippen LogP contribution in [0.25, 0.3) is 0 Å². The number of esters is 1. The molecule has 9 nitrogen and oxygen atoms in total. The largest absolute Gasteiger partial charge is 0.481 e. The van der Waals surface area contributed by atoms with E-state index in [1.54, 1.807) is 24.3 Å². The second kappa shape index (κ2) is 14.0. The number of amides is 3. The molecule has 2 fully saturated rings. The molecule has 3 amide bonds. The van der Waals surface area contributed by atoms with Crippen LogP contribution in [0.3, 0.4) is 0 Å². The molecule has 4 N–H and O–H groups in total. The third-order valence-corrected chi connectivity index (χ3v) is 7.75. The van der Waals surface area contributed by atoms with Crippen LogP contribution in [0.5, 0.6) is 5.75 Å². The molecule has 1 aromatic rings. The number of fused-ring (bicyclic) bond motifs is 1. The topological polar surface area (TPSA) is 134 Å². The first-order chi connectivity index (χ1) is 16.9. The Labute approximate surface area is 210 Å². The van der Waals surface area contributed by atoms with Crippen LogP contribution < -0.4 is 20.7 Å². The van der Waals surface area contributed by atoms with Crippen LogP contribution in [0.15, 0.2) is 24.3 Å². The number of rotatable bonds is 15. The fraction of sp³-hybridized carbons (Fsp3) is 0.600. The molecule has 35 heavy (non-hydrogen) atoms. The number of aryl methyl sites for hydroxylation is 1. The van der Waals surface area contributed by atoms with Gasteiger partial charge in [0.25, 0.3) is 0 Å². The first kappa shape index (κ1) is 26.8. The Morgan fingerprint density at radius 1 is 1.00 bits per heavy atom. The van der Waals surface area contributed by atoms with E-state index in [-0.39, 0.29) is 36.4 Å². The van der Waals surface area contributed by atoms with Crippen LogP contribution in [0.2, 0.25) is 0 Å². The minimum absolute atomic E-state index is 0.0593. The number of thioether (sulfide) groups is 1. The number of benzene rings is 1. The number of carboxylic acids is 1. The van der Waals surface area contributed by atoms with Gasteiger partial charge in [0.15, 0.2) is 0 Å². The Balaban J connectivity index is 1.15. The van der Waals surface area contributed by atoms with E-state index in [1.165, 1.54) is 0 Å². The third kappa shape index (κ3) is 9.43. The molecule has 2 saturated heterocycles. The monoisotopic (exact) mass is 505 g/mol. The van der Waals surface area contributed by atoms with E-state index in [2.05, 4.69) is 16.0 Å². The molecule has 192 valence electrons. The normalized spacial score (nSPS) is 20.6. The smallest absolute Gasteiger partial charge is 0.315 e. The lowest BCUT2D eigenvalue weighted by Gasteiger charge is -2.16. The SMILES string of the molecule is O=C(O)CCc1ccc(OC(=O)CCCCCNC(=O)CCCC[C@@H]2SC[C@@H]3NC(=O)N[C@H]32)cc1. The molecule has 0 radical (unpaired) electrons. The van der Waals surface area contributed by atoms with Gasteiger partial charge in [0.2, 0.25) is 5.91 Å². The number of hydrogen-bond acceptors (Lipinski definition) is 6. The summed E-state index contributed by atoms with van der Waals surface area (Å²) in [5.41, 5.74) is 0.886. The van der Waals surface area contributed by atoms with Crippen molar-refractivity contribution in [2.24, 2.45) is 0 Å². The van der Waals surface area contributed by atoms with E-state index >= 15 is 0 Å². The molecule has 0 bridgehead atoms. The quantitative estimate of drug-likeness (QED) is 0.125. The van der Waals surface area contributed by atoms with Crippen molar-refractivity contribution < 1.29 is 29.0 Å². The summed E-state index contributed by atoms with van der Waals surface area (Å²) in [6.07, 6.45) is 6.48. The molecule has 0 aliphatic carbocycles. The third-order valence-electron chi connectivity index (χ3n) is 6.24. The van der Waals surface area contributed by atoms with Gasteiger partial charge in [-0.3, -0.25) is 14.4 Å². The number of carbonyl (C=O) groups is 4. The van der Waals surface area contributed by atoms with Crippen molar-refractivity contribution in [3.63, 3.8) is 0 Å². The minimum atomic E-state index is -0.841. The van der Waals surface area contributed by atoms with Crippen molar-refractivity contribution in [3.05, 3.63) is 29.8 Å². The van der Waals surface area contributed by atoms with Crippen molar-refractivity contribution in [2.45, 2.75) is 81.5 Å². The second-order valence-electron chi connectivity index (χ2n) is 9.04. The van der Waals surface area contributed by atoms with Gasteiger partial charge in [0.05, 0.1) is 12.1 Å². The highest BCUT2D eigenvalue weighted by molar-refractivity contribution is 8.00. The summed E-state index contributed by atoms with van der Waals surface area (Å²) in [6.45, 7) is 0.603. The van der Waals surface area contributed by atoms with Crippen molar-refractivity contribution in [1.82, 2.24) is 16.0 Å². The lowest BCUT2D eigenvalue weighted by Crippen LogP contribution is -2.36. The second-order valence-corrected chi connectivity index (χ2v) is 10.3. The lowest BCUT2D eigenvalue weighted by molar-refractivity contribution is -0.137. The summed E-state index contributed by atoms with van der Waals surface area (Å²) in [5.74, 6) is 0.329. The maximum absolute atomic E-state index is 12.0. The maximum atomic E-state index is 12.0. The van der Waals surface area contributed by atoms with Gasteiger partial charge >= 0.3 is 18.0 Å². The Hall–Kier alpha value is -2.75. The molecule has 0 unspecified atom stereocenters. The summed E-state index contributed by atoms with van der Waals surface area (Å²) in [7, 11) is 0. The van der Waals surface area contributed by atoms with Gasteiger partial charge in [-0.1, -0.05) is 25.0 Å². The van der Waals surface area contributed by atoms with Crippen LogP contribution >= 0.6 is 11.8 Å². The molecule has 2 aliphatic heterocycles. The van der Waals surface area contributed by atoms with E-state index in [9.17, 15) is 19.2 Å². The van der Waals surface area contributed by atoms with Gasteiger partial charge in [-0.25, -0.2) is 4.79 Å². The summed E-state index contributed by atoms with van der Waals surface area (Å²) in [5, 5.41) is 18.0. The molecule has 1 aromatic carbocycles. The standard InChI is InChI=1S/C25H35N3O6S/c29-21(7-4-3-6-20-24-19(16-35-20)27-25(33)28-24)26-15-5-1-2-8-23(32)34-18-12-9-17(10-13-18)11-14-22(30)31/h9-10,12-13,19-20,24H,1-8,11,14-16H2,(H,26,29)(H,30,31)(H2,27,28,33)/t19-,20-,24+/m0/s1. The van der Waals surface area contributed by atoms with Gasteiger partial charge < -0.3 is 25.8 Å². The van der Waals surface area contributed by atoms with Crippen molar-refractivity contribution in [3.8, 4) is 5.75 Å². The Morgan fingerprint density at radius 2 is 1.77 bits per heavy atom. The highest BCUT2D eigenvalue weighted by Gasteiger charge is 2.42. The zero-order valence-electron chi connectivity index (χ0n) is 19.9. The van der Waals surface area contributed by atoms with Gasteiger partial charge in [0, 0.05) is 36.8 Å². The molecule has 0 aromatic heterocycles. The average Bonchev–Trinajstić information content (AvgIpc) is 3.37. The summed E-state index contributed by atoms with van der Waals surface area (Å²) < 4.78 is 5.31. The average molecular weight is 506 g/mol. The van der Waals surface area contributed by atoms with Crippen molar-refractivity contribution >= 4 is 35.6 Å². The number of urea groups is 1. The number of aliphatic carboxylic acids is 1. The number of carbonyl (C=O) groups excluding carboxylic acids is 3. The summed E-state index contributed by atoms with van der Waals surface area (Å²) in [6, 6.07) is 7.28. The van der Waals surface area contributed by atoms with E-state index in [1.807, 2.05) is 11.8 Å². The zero-order valence-corrected chi connectivity index (χ0v) is 20.7. The van der Waals surface area contributed by atoms with Crippen molar-refractivity contribution in [1.29, 1.82) is 0 Å². The number of hydrogen-bond donors (Lipinski definition) is 4. The fourth-order valence-corrected chi connectivity index (χ4v) is 5.86. The molecule has 2 aliphatic rings. The number of carboxylic acid groups (broad SMARTS) is 1. The summed E-state index contributed by atoms with van der Waals surface area (Å²) >= 11 is 1.89. The number of unbranched alkanes of at least 4 members (excludes halogenated alkanes) is 3. The predicted molar refractivity (Wildman–Crippen MR) is 133 cm³/mol. The zero-order chi connectivity index (χ0) is 25.0. The van der Waals surface area contributed by atoms with E-state index in [0.717, 1.165) is 43.4 Å². The Bertz CT molecular complexity index is 878. The van der Waals surface area contributed by atoms with Gasteiger partial charge in [-0.15, -0.1) is 0 Å². The molecule has 0 spiro atoms. The number of ether oxygens (including phenoxy) is 1. The first-order valence-electron chi connectivity index (χ1n) is 12.4. The van der Waals surface area contributed by atoms with Crippen LogP contribution in [-0.2, 0) is 20.8 Å². The van der Waals surface area contributed by atoms with Crippen LogP contribution in [-0.4, -0.2) is 58.6 Å². The van der Waals surface area contributed by atoms with Crippen molar-refractivity contribution in [2.75, 3.05) is 12.3 Å². The van der Waals surface area contributed by atoms with Crippen LogP contribution in [0, 0.1) is 0 Å². The molecule has 3 atom stereocenters. The van der Waals surface area contributed by atoms with Gasteiger partial charge in [0.1, 0.15) is 5.75 Å². The van der Waals surface area contributed by atoms with E-state index in [0.29, 0.717) is 43.2 Å². The molecular weight excluding hydrogens is 470 g/mol. The Kier molecular flexibility index (Phi) is 10.7. The molecule has 0 saturated carbocycles. The number of nitrogens with one attached hydrogen (secondary N) is 3. The molecule has 10 heteroatoms. The lowest BCUT2D eigenvalue weighted by atomic mass is 10.0. The highest BCUT2D eigenvalue weighted by atomic mass is 32.2. The summed E-state index contributed by atoms with van der Waals surface area (Å²) in [4.78, 5) is 46.0. The molecule has 3 rings (SSSR count). The van der Waals surface area contributed by atoms with Crippen LogP contribution in [0.1, 0.15) is 63.4 Å².